The molecule has 0 aliphatic heterocycles. The third kappa shape index (κ3) is 3.72. The number of benzene rings is 1. The van der Waals surface area contributed by atoms with Crippen LogP contribution in [0.3, 0.4) is 0 Å². The second kappa shape index (κ2) is 5.53. The Morgan fingerprint density at radius 1 is 1.37 bits per heavy atom. The first-order chi connectivity index (χ1) is 8.87. The summed E-state index contributed by atoms with van der Waals surface area (Å²) in [5.74, 6) is -0.883. The highest BCUT2D eigenvalue weighted by atomic mass is 79.9. The van der Waals surface area contributed by atoms with Gasteiger partial charge < -0.3 is 10.4 Å². The van der Waals surface area contributed by atoms with Crippen LogP contribution in [-0.4, -0.2) is 17.1 Å². The van der Waals surface area contributed by atoms with Crippen LogP contribution in [0, 0.1) is 5.41 Å². The predicted molar refractivity (Wildman–Crippen MR) is 80.8 cm³/mol. The van der Waals surface area contributed by atoms with Crippen LogP contribution in [-0.2, 0) is 0 Å². The first-order valence-corrected chi connectivity index (χ1v) is 7.46. The maximum Gasteiger partial charge on any atom is 0.337 e. The molecular formula is C15H20BrNO2. The number of hydrogen-bond donors (Lipinski definition) is 2. The van der Waals surface area contributed by atoms with E-state index in [0.29, 0.717) is 22.7 Å². The lowest BCUT2D eigenvalue weighted by molar-refractivity contribution is 0.0697. The molecule has 2 rings (SSSR count). The average Bonchev–Trinajstić information content (AvgIpc) is 2.31. The summed E-state index contributed by atoms with van der Waals surface area (Å²) in [7, 11) is 0. The SMILES string of the molecule is CC1(C)CCC(Nc2cc(Br)ccc2C(=O)O)CC1. The van der Waals surface area contributed by atoms with Crippen molar-refractivity contribution in [3.05, 3.63) is 28.2 Å². The zero-order chi connectivity index (χ0) is 14.0. The fourth-order valence-corrected chi connectivity index (χ4v) is 2.95. The van der Waals surface area contributed by atoms with Gasteiger partial charge in [0.15, 0.2) is 0 Å². The predicted octanol–water partition coefficient (Wildman–Crippen LogP) is 4.53. The Kier molecular flexibility index (Phi) is 4.19. The van der Waals surface area contributed by atoms with E-state index >= 15 is 0 Å². The second-order valence-electron chi connectivity index (χ2n) is 6.08. The van der Waals surface area contributed by atoms with Gasteiger partial charge in [0.25, 0.3) is 0 Å². The molecule has 2 N–H and O–H groups in total. The van der Waals surface area contributed by atoms with E-state index in [1.165, 1.54) is 12.8 Å². The molecule has 3 nitrogen and oxygen atoms in total. The van der Waals surface area contributed by atoms with Crippen LogP contribution in [0.1, 0.15) is 49.9 Å². The molecule has 0 amide bonds. The maximum atomic E-state index is 11.2. The molecule has 19 heavy (non-hydrogen) atoms. The van der Waals surface area contributed by atoms with E-state index in [0.717, 1.165) is 17.3 Å². The summed E-state index contributed by atoms with van der Waals surface area (Å²) in [5.41, 5.74) is 1.48. The normalized spacial score (nSPS) is 19.1. The summed E-state index contributed by atoms with van der Waals surface area (Å²) in [6.45, 7) is 4.59. The number of rotatable bonds is 3. The molecule has 1 aromatic rings. The van der Waals surface area contributed by atoms with E-state index in [2.05, 4.69) is 35.1 Å². The van der Waals surface area contributed by atoms with E-state index < -0.39 is 5.97 Å². The van der Waals surface area contributed by atoms with Crippen molar-refractivity contribution in [2.24, 2.45) is 5.41 Å². The minimum absolute atomic E-state index is 0.341. The molecule has 0 heterocycles. The van der Waals surface area contributed by atoms with Crippen molar-refractivity contribution in [3.8, 4) is 0 Å². The number of aromatic carboxylic acids is 1. The molecule has 1 saturated carbocycles. The highest BCUT2D eigenvalue weighted by Gasteiger charge is 2.27. The maximum absolute atomic E-state index is 11.2. The number of hydrogen-bond acceptors (Lipinski definition) is 2. The van der Waals surface area contributed by atoms with Gasteiger partial charge in [-0.05, 0) is 49.3 Å². The summed E-state index contributed by atoms with van der Waals surface area (Å²) in [5, 5.41) is 12.6. The zero-order valence-corrected chi connectivity index (χ0v) is 13.0. The van der Waals surface area contributed by atoms with Gasteiger partial charge in [0.2, 0.25) is 0 Å². The third-order valence-electron chi connectivity index (χ3n) is 3.91. The van der Waals surface area contributed by atoms with E-state index in [-0.39, 0.29) is 0 Å². The van der Waals surface area contributed by atoms with Crippen LogP contribution in [0.2, 0.25) is 0 Å². The first kappa shape index (κ1) is 14.4. The third-order valence-corrected chi connectivity index (χ3v) is 4.40. The molecule has 0 spiro atoms. The highest BCUT2D eigenvalue weighted by molar-refractivity contribution is 9.10. The Morgan fingerprint density at radius 2 is 2.00 bits per heavy atom. The number of nitrogens with one attached hydrogen (secondary N) is 1. The summed E-state index contributed by atoms with van der Waals surface area (Å²) >= 11 is 3.40. The van der Waals surface area contributed by atoms with Gasteiger partial charge in [0.1, 0.15) is 0 Å². The van der Waals surface area contributed by atoms with Crippen LogP contribution in [0.25, 0.3) is 0 Å². The molecule has 104 valence electrons. The molecule has 1 aliphatic carbocycles. The van der Waals surface area contributed by atoms with Gasteiger partial charge in [-0.15, -0.1) is 0 Å². The largest absolute Gasteiger partial charge is 0.478 e. The van der Waals surface area contributed by atoms with Gasteiger partial charge in [-0.2, -0.15) is 0 Å². The van der Waals surface area contributed by atoms with E-state index in [1.807, 2.05) is 6.07 Å². The summed E-state index contributed by atoms with van der Waals surface area (Å²) in [6, 6.07) is 5.63. The Balaban J connectivity index is 2.11. The molecule has 1 fully saturated rings. The van der Waals surface area contributed by atoms with Gasteiger partial charge in [0.05, 0.1) is 11.3 Å². The van der Waals surface area contributed by atoms with Gasteiger partial charge in [0, 0.05) is 10.5 Å². The van der Waals surface area contributed by atoms with Crippen molar-refractivity contribution in [1.29, 1.82) is 0 Å². The minimum atomic E-state index is -0.883. The molecule has 4 heteroatoms. The lowest BCUT2D eigenvalue weighted by Gasteiger charge is -2.35. The molecule has 0 radical (unpaired) electrons. The van der Waals surface area contributed by atoms with Crippen molar-refractivity contribution >= 4 is 27.6 Å². The van der Waals surface area contributed by atoms with Crippen LogP contribution in [0.5, 0.6) is 0 Å². The van der Waals surface area contributed by atoms with Gasteiger partial charge in [-0.25, -0.2) is 4.79 Å². The van der Waals surface area contributed by atoms with Crippen LogP contribution >= 0.6 is 15.9 Å². The number of anilines is 1. The molecule has 0 bridgehead atoms. The molecular weight excluding hydrogens is 306 g/mol. The van der Waals surface area contributed by atoms with Crippen molar-refractivity contribution < 1.29 is 9.90 Å². The van der Waals surface area contributed by atoms with Crippen LogP contribution in [0.15, 0.2) is 22.7 Å². The Bertz CT molecular complexity index is 475. The Morgan fingerprint density at radius 3 is 2.58 bits per heavy atom. The van der Waals surface area contributed by atoms with Gasteiger partial charge in [-0.1, -0.05) is 29.8 Å². The van der Waals surface area contributed by atoms with E-state index in [1.54, 1.807) is 12.1 Å². The molecule has 0 aromatic heterocycles. The van der Waals surface area contributed by atoms with Crippen LogP contribution < -0.4 is 5.32 Å². The smallest absolute Gasteiger partial charge is 0.337 e. The Hall–Kier alpha value is -1.03. The lowest BCUT2D eigenvalue weighted by Crippen LogP contribution is -2.30. The summed E-state index contributed by atoms with van der Waals surface area (Å²) < 4.78 is 0.899. The van der Waals surface area contributed by atoms with Crippen molar-refractivity contribution in [1.82, 2.24) is 0 Å². The number of halogens is 1. The number of carbonyl (C=O) groups is 1. The number of carboxylic acid groups (broad SMARTS) is 1. The molecule has 0 unspecified atom stereocenters. The van der Waals surface area contributed by atoms with Gasteiger partial charge in [-0.3, -0.25) is 0 Å². The Labute approximate surface area is 122 Å². The standard InChI is InChI=1S/C15H20BrNO2/c1-15(2)7-5-11(6-8-15)17-13-9-10(16)3-4-12(13)14(18)19/h3-4,9,11,17H,5-8H2,1-2H3,(H,18,19). The molecule has 1 aromatic carbocycles. The van der Waals surface area contributed by atoms with E-state index in [4.69, 9.17) is 0 Å². The van der Waals surface area contributed by atoms with Crippen LogP contribution in [0.4, 0.5) is 5.69 Å². The average molecular weight is 326 g/mol. The highest BCUT2D eigenvalue weighted by Crippen LogP contribution is 2.36. The van der Waals surface area contributed by atoms with E-state index in [9.17, 15) is 9.90 Å². The monoisotopic (exact) mass is 325 g/mol. The summed E-state index contributed by atoms with van der Waals surface area (Å²) in [6.07, 6.45) is 4.55. The van der Waals surface area contributed by atoms with Crippen molar-refractivity contribution in [2.75, 3.05) is 5.32 Å². The fraction of sp³-hybridized carbons (Fsp3) is 0.533. The topological polar surface area (TPSA) is 49.3 Å². The molecule has 0 saturated heterocycles. The fourth-order valence-electron chi connectivity index (χ4n) is 2.59. The first-order valence-electron chi connectivity index (χ1n) is 6.67. The number of carboxylic acids is 1. The second-order valence-corrected chi connectivity index (χ2v) is 6.99. The quantitative estimate of drug-likeness (QED) is 0.858. The molecule has 1 aliphatic rings. The minimum Gasteiger partial charge on any atom is -0.478 e. The zero-order valence-electron chi connectivity index (χ0n) is 11.4. The lowest BCUT2D eigenvalue weighted by atomic mass is 9.75. The van der Waals surface area contributed by atoms with Crippen molar-refractivity contribution in [2.45, 2.75) is 45.6 Å². The van der Waals surface area contributed by atoms with Gasteiger partial charge >= 0.3 is 5.97 Å². The molecule has 0 atom stereocenters. The van der Waals surface area contributed by atoms with Crippen molar-refractivity contribution in [3.63, 3.8) is 0 Å². The summed E-state index contributed by atoms with van der Waals surface area (Å²) in [4.78, 5) is 11.2.